The predicted molar refractivity (Wildman–Crippen MR) is 97.5 cm³/mol. The summed E-state index contributed by atoms with van der Waals surface area (Å²) in [6, 6.07) is 0. The first-order valence-corrected chi connectivity index (χ1v) is 10.1. The number of carboxylic acid groups (broad SMARTS) is 1. The lowest BCUT2D eigenvalue weighted by molar-refractivity contribution is -0.192. The zero-order valence-electron chi connectivity index (χ0n) is 14.1. The van der Waals surface area contributed by atoms with Crippen LogP contribution in [-0.4, -0.2) is 43.0 Å². The summed E-state index contributed by atoms with van der Waals surface area (Å²) in [5.74, 6) is -1.00. The number of halogens is 3. The second kappa shape index (κ2) is 16.0. The lowest BCUT2D eigenvalue weighted by Crippen LogP contribution is -2.24. The zero-order valence-corrected chi connectivity index (χ0v) is 17.1. The molecule has 0 aliphatic heterocycles. The van der Waals surface area contributed by atoms with Crippen LogP contribution in [0.5, 0.6) is 0 Å². The van der Waals surface area contributed by atoms with Gasteiger partial charge in [-0.15, -0.1) is 0 Å². The van der Waals surface area contributed by atoms with Gasteiger partial charge in [0.2, 0.25) is 0 Å². The Morgan fingerprint density at radius 1 is 0.955 bits per heavy atom. The summed E-state index contributed by atoms with van der Waals surface area (Å²) in [6.45, 7) is 14.3. The van der Waals surface area contributed by atoms with Crippen LogP contribution in [0.3, 0.4) is 0 Å². The maximum atomic E-state index is 10.6. The second-order valence-corrected chi connectivity index (χ2v) is 11.6. The molecular formula is C13H31F3O3S2Si. The lowest BCUT2D eigenvalue weighted by atomic mass is 10.5. The quantitative estimate of drug-likeness (QED) is 0.504. The van der Waals surface area contributed by atoms with E-state index in [1.165, 1.54) is 0 Å². The molecule has 9 heteroatoms. The average molecular weight is 385 g/mol. The standard InChI is InChI=1S/C9H22Si.C2HF3O2.C2H6S2.H2O/c1-7(2)10(8(3)4)9(5)6;3-2(4,5)1(6)7;3-1-2-4;/h7-10H,1-6H3;(H,6,7);3-4H,1-2H2;1H2. The highest BCUT2D eigenvalue weighted by atomic mass is 32.1. The monoisotopic (exact) mass is 384 g/mol. The van der Waals surface area contributed by atoms with Crippen molar-refractivity contribution in [2.45, 2.75) is 64.3 Å². The molecule has 0 aromatic rings. The number of carbonyl (C=O) groups is 1. The molecule has 0 aromatic heterocycles. The minimum atomic E-state index is -5.08. The van der Waals surface area contributed by atoms with Crippen LogP contribution in [0.1, 0.15) is 41.5 Å². The van der Waals surface area contributed by atoms with E-state index in [0.717, 1.165) is 28.1 Å². The summed E-state index contributed by atoms with van der Waals surface area (Å²) < 4.78 is 31.7. The number of alkyl halides is 3. The molecule has 0 heterocycles. The van der Waals surface area contributed by atoms with E-state index in [1.807, 2.05) is 0 Å². The molecule has 0 radical (unpaired) electrons. The minimum absolute atomic E-state index is 0. The van der Waals surface area contributed by atoms with Gasteiger partial charge in [-0.05, 0) is 11.5 Å². The van der Waals surface area contributed by atoms with Gasteiger partial charge in [-0.2, -0.15) is 38.4 Å². The number of thiol groups is 2. The lowest BCUT2D eigenvalue weighted by Gasteiger charge is -2.26. The fraction of sp³-hybridized carbons (Fsp3) is 0.923. The molecule has 0 unspecified atom stereocenters. The molecule has 0 bridgehead atoms. The normalized spacial score (nSPS) is 10.7. The van der Waals surface area contributed by atoms with Crippen LogP contribution in [0.25, 0.3) is 0 Å². The van der Waals surface area contributed by atoms with Gasteiger partial charge in [-0.1, -0.05) is 58.2 Å². The van der Waals surface area contributed by atoms with E-state index in [9.17, 15) is 13.2 Å². The third kappa shape index (κ3) is 20.1. The molecule has 0 atom stereocenters. The number of hydrogen-bond donors (Lipinski definition) is 3. The van der Waals surface area contributed by atoms with Gasteiger partial charge in [0.15, 0.2) is 0 Å². The SMILES string of the molecule is CC(C)[SiH](C(C)C)C(C)C.O.O=C(O)C(F)(F)F.SCCS. The number of rotatable bonds is 4. The summed E-state index contributed by atoms with van der Waals surface area (Å²) in [5.41, 5.74) is 2.92. The van der Waals surface area contributed by atoms with Crippen LogP contribution in [0.2, 0.25) is 16.6 Å². The molecule has 0 rings (SSSR count). The number of carboxylic acids is 1. The molecule has 0 aliphatic carbocycles. The smallest absolute Gasteiger partial charge is 0.475 e. The summed E-state index contributed by atoms with van der Waals surface area (Å²) in [6.07, 6.45) is -5.08. The van der Waals surface area contributed by atoms with Crippen LogP contribution in [0.4, 0.5) is 13.2 Å². The van der Waals surface area contributed by atoms with E-state index in [4.69, 9.17) is 9.90 Å². The Balaban J connectivity index is -0.000000118. The van der Waals surface area contributed by atoms with Crippen LogP contribution in [-0.2, 0) is 4.79 Å². The van der Waals surface area contributed by atoms with Gasteiger partial charge in [-0.3, -0.25) is 0 Å². The van der Waals surface area contributed by atoms with Crippen molar-refractivity contribution >= 4 is 40.0 Å². The van der Waals surface area contributed by atoms with Crippen LogP contribution in [0.15, 0.2) is 0 Å². The second-order valence-electron chi connectivity index (χ2n) is 5.56. The molecule has 0 fully saturated rings. The van der Waals surface area contributed by atoms with Gasteiger partial charge in [0.1, 0.15) is 0 Å². The first-order chi connectivity index (χ1) is 9.32. The Labute approximate surface area is 144 Å². The number of aliphatic carboxylic acids is 1. The molecule has 0 aliphatic rings. The predicted octanol–water partition coefficient (Wildman–Crippen LogP) is 4.10. The fourth-order valence-corrected chi connectivity index (χ4v) is 6.93. The molecule has 0 spiro atoms. The van der Waals surface area contributed by atoms with E-state index >= 15 is 0 Å². The van der Waals surface area contributed by atoms with Crippen molar-refractivity contribution in [3.63, 3.8) is 0 Å². The number of hydrogen-bond acceptors (Lipinski definition) is 3. The molecule has 0 aromatic carbocycles. The van der Waals surface area contributed by atoms with Crippen LogP contribution in [0, 0.1) is 0 Å². The molecule has 138 valence electrons. The third-order valence-corrected chi connectivity index (χ3v) is 8.07. The summed E-state index contributed by atoms with van der Waals surface area (Å²) in [7, 11) is -0.454. The third-order valence-electron chi connectivity index (χ3n) is 2.65. The molecule has 0 saturated carbocycles. The highest BCUT2D eigenvalue weighted by Crippen LogP contribution is 2.29. The zero-order chi connectivity index (χ0) is 17.8. The van der Waals surface area contributed by atoms with Crippen LogP contribution >= 0.6 is 25.3 Å². The van der Waals surface area contributed by atoms with E-state index in [0.29, 0.717) is 0 Å². The van der Waals surface area contributed by atoms with Gasteiger partial charge in [0, 0.05) is 8.80 Å². The molecule has 3 nitrogen and oxygen atoms in total. The minimum Gasteiger partial charge on any atom is -0.475 e. The van der Waals surface area contributed by atoms with Crippen molar-refractivity contribution in [1.29, 1.82) is 0 Å². The highest BCUT2D eigenvalue weighted by Gasteiger charge is 2.38. The van der Waals surface area contributed by atoms with Gasteiger partial charge >= 0.3 is 12.1 Å². The Morgan fingerprint density at radius 3 is 1.14 bits per heavy atom. The van der Waals surface area contributed by atoms with Crippen molar-refractivity contribution < 1.29 is 28.5 Å². The first-order valence-electron chi connectivity index (χ1n) is 6.84. The molecule has 0 amide bonds. The van der Waals surface area contributed by atoms with E-state index in [-0.39, 0.29) is 5.48 Å². The molecular weight excluding hydrogens is 353 g/mol. The maximum absolute atomic E-state index is 10.6. The Kier molecular flexibility index (Phi) is 21.9. The van der Waals surface area contributed by atoms with Gasteiger partial charge in [0.05, 0.1) is 0 Å². The van der Waals surface area contributed by atoms with Crippen molar-refractivity contribution in [3.05, 3.63) is 0 Å². The fourth-order valence-electron chi connectivity index (χ4n) is 2.31. The Morgan fingerprint density at radius 2 is 1.14 bits per heavy atom. The average Bonchev–Trinajstić information content (AvgIpc) is 2.27. The van der Waals surface area contributed by atoms with Gasteiger partial charge in [0.25, 0.3) is 0 Å². The van der Waals surface area contributed by atoms with Crippen molar-refractivity contribution in [3.8, 4) is 0 Å². The summed E-state index contributed by atoms with van der Waals surface area (Å²) in [4.78, 5) is 8.90. The first kappa shape index (κ1) is 30.1. The largest absolute Gasteiger partial charge is 0.490 e. The molecule has 3 N–H and O–H groups in total. The Bertz CT molecular complexity index is 242. The van der Waals surface area contributed by atoms with Crippen molar-refractivity contribution in [1.82, 2.24) is 0 Å². The molecule has 0 saturated heterocycles. The summed E-state index contributed by atoms with van der Waals surface area (Å²) >= 11 is 7.69. The van der Waals surface area contributed by atoms with Crippen molar-refractivity contribution in [2.75, 3.05) is 11.5 Å². The maximum Gasteiger partial charge on any atom is 0.490 e. The van der Waals surface area contributed by atoms with Gasteiger partial charge < -0.3 is 10.6 Å². The van der Waals surface area contributed by atoms with E-state index in [1.54, 1.807) is 0 Å². The molecule has 22 heavy (non-hydrogen) atoms. The van der Waals surface area contributed by atoms with E-state index in [2.05, 4.69) is 66.8 Å². The van der Waals surface area contributed by atoms with Crippen LogP contribution < -0.4 is 0 Å². The van der Waals surface area contributed by atoms with Crippen molar-refractivity contribution in [2.24, 2.45) is 0 Å². The topological polar surface area (TPSA) is 68.8 Å². The summed E-state index contributed by atoms with van der Waals surface area (Å²) in [5, 5.41) is 7.12. The Hall–Kier alpha value is 0.137. The van der Waals surface area contributed by atoms with E-state index < -0.39 is 20.9 Å². The van der Waals surface area contributed by atoms with Gasteiger partial charge in [-0.25, -0.2) is 4.79 Å². The highest BCUT2D eigenvalue weighted by molar-refractivity contribution is 7.84.